The molecule has 5 heteroatoms. The lowest BCUT2D eigenvalue weighted by Crippen LogP contribution is -2.40. The maximum atomic E-state index is 12.8. The van der Waals surface area contributed by atoms with Gasteiger partial charge in [-0.15, -0.1) is 0 Å². The molecule has 1 heterocycles. The van der Waals surface area contributed by atoms with Crippen molar-refractivity contribution in [3.8, 4) is 0 Å². The van der Waals surface area contributed by atoms with Crippen LogP contribution in [0.2, 0.25) is 0 Å². The standard InChI is InChI=1S/C17H22N2O2S/c1-18-13-14-8-10-19(11-9-14)22(20,21)17-7-6-15-4-2-3-5-16(15)12-17/h2-7,12,14,18H,8-11,13H2,1H3. The molecule has 4 nitrogen and oxygen atoms in total. The second-order valence-electron chi connectivity index (χ2n) is 5.91. The zero-order valence-electron chi connectivity index (χ0n) is 12.8. The first-order valence-electron chi connectivity index (χ1n) is 7.75. The van der Waals surface area contributed by atoms with Crippen molar-refractivity contribution in [3.05, 3.63) is 42.5 Å². The number of hydrogen-bond donors (Lipinski definition) is 1. The van der Waals surface area contributed by atoms with E-state index in [9.17, 15) is 8.42 Å². The third-order valence-electron chi connectivity index (χ3n) is 4.43. The van der Waals surface area contributed by atoms with Crippen molar-refractivity contribution in [1.29, 1.82) is 0 Å². The fourth-order valence-corrected chi connectivity index (χ4v) is 4.62. The first-order valence-corrected chi connectivity index (χ1v) is 9.19. The Morgan fingerprint density at radius 1 is 1.09 bits per heavy atom. The largest absolute Gasteiger partial charge is 0.319 e. The van der Waals surface area contributed by atoms with Crippen LogP contribution in [-0.2, 0) is 10.0 Å². The van der Waals surface area contributed by atoms with Gasteiger partial charge in [-0.05, 0) is 55.3 Å². The van der Waals surface area contributed by atoms with Crippen LogP contribution in [-0.4, -0.2) is 39.4 Å². The van der Waals surface area contributed by atoms with Crippen molar-refractivity contribution in [2.45, 2.75) is 17.7 Å². The Kier molecular flexibility index (Phi) is 4.47. The lowest BCUT2D eigenvalue weighted by atomic mass is 9.98. The molecule has 0 saturated carbocycles. The van der Waals surface area contributed by atoms with Gasteiger partial charge in [-0.1, -0.05) is 30.3 Å². The summed E-state index contributed by atoms with van der Waals surface area (Å²) < 4.78 is 27.2. The third-order valence-corrected chi connectivity index (χ3v) is 6.32. The molecule has 0 radical (unpaired) electrons. The van der Waals surface area contributed by atoms with E-state index in [0.717, 1.165) is 30.2 Å². The van der Waals surface area contributed by atoms with Crippen LogP contribution in [0.4, 0.5) is 0 Å². The van der Waals surface area contributed by atoms with Crippen molar-refractivity contribution in [1.82, 2.24) is 9.62 Å². The van der Waals surface area contributed by atoms with Crippen LogP contribution in [0.3, 0.4) is 0 Å². The van der Waals surface area contributed by atoms with Crippen LogP contribution < -0.4 is 5.32 Å². The summed E-state index contributed by atoms with van der Waals surface area (Å²) >= 11 is 0. The summed E-state index contributed by atoms with van der Waals surface area (Å²) in [6.07, 6.45) is 1.85. The van der Waals surface area contributed by atoms with Gasteiger partial charge in [0.2, 0.25) is 10.0 Å². The van der Waals surface area contributed by atoms with Gasteiger partial charge in [0.25, 0.3) is 0 Å². The number of hydrogen-bond acceptors (Lipinski definition) is 3. The highest BCUT2D eigenvalue weighted by Gasteiger charge is 2.29. The minimum atomic E-state index is -3.38. The number of benzene rings is 2. The molecule has 1 aliphatic heterocycles. The van der Waals surface area contributed by atoms with Gasteiger partial charge in [-0.3, -0.25) is 0 Å². The fraction of sp³-hybridized carbons (Fsp3) is 0.412. The van der Waals surface area contributed by atoms with E-state index in [-0.39, 0.29) is 0 Å². The molecular weight excluding hydrogens is 296 g/mol. The summed E-state index contributed by atoms with van der Waals surface area (Å²) in [5, 5.41) is 5.21. The van der Waals surface area contributed by atoms with Gasteiger partial charge in [0.15, 0.2) is 0 Å². The van der Waals surface area contributed by atoms with E-state index < -0.39 is 10.0 Å². The van der Waals surface area contributed by atoms with Gasteiger partial charge >= 0.3 is 0 Å². The van der Waals surface area contributed by atoms with Gasteiger partial charge in [-0.25, -0.2) is 8.42 Å². The molecule has 22 heavy (non-hydrogen) atoms. The lowest BCUT2D eigenvalue weighted by molar-refractivity contribution is 0.270. The Hall–Kier alpha value is -1.43. The van der Waals surface area contributed by atoms with Crippen molar-refractivity contribution in [2.24, 2.45) is 5.92 Å². The van der Waals surface area contributed by atoms with Crippen molar-refractivity contribution < 1.29 is 8.42 Å². The molecule has 1 saturated heterocycles. The summed E-state index contributed by atoms with van der Waals surface area (Å²) in [6.45, 7) is 2.19. The maximum Gasteiger partial charge on any atom is 0.243 e. The number of rotatable bonds is 4. The second kappa shape index (κ2) is 6.36. The molecule has 2 aromatic carbocycles. The maximum absolute atomic E-state index is 12.8. The Morgan fingerprint density at radius 3 is 2.45 bits per heavy atom. The molecule has 1 N–H and O–H groups in total. The first kappa shape index (κ1) is 15.5. The van der Waals surface area contributed by atoms with E-state index in [0.29, 0.717) is 23.9 Å². The minimum Gasteiger partial charge on any atom is -0.319 e. The van der Waals surface area contributed by atoms with Gasteiger partial charge in [0.05, 0.1) is 4.90 Å². The van der Waals surface area contributed by atoms with E-state index in [4.69, 9.17) is 0 Å². The number of nitrogens with zero attached hydrogens (tertiary/aromatic N) is 1. The Labute approximate surface area is 132 Å². The molecular formula is C17H22N2O2S. The van der Waals surface area contributed by atoms with Gasteiger partial charge < -0.3 is 5.32 Å². The molecule has 0 atom stereocenters. The molecule has 1 fully saturated rings. The zero-order valence-corrected chi connectivity index (χ0v) is 13.6. The molecule has 3 rings (SSSR count). The normalized spacial score (nSPS) is 17.9. The average molecular weight is 318 g/mol. The first-order chi connectivity index (χ1) is 10.6. The third kappa shape index (κ3) is 3.02. The number of nitrogens with one attached hydrogen (secondary N) is 1. The number of sulfonamides is 1. The van der Waals surface area contributed by atoms with E-state index in [1.54, 1.807) is 16.4 Å². The summed E-state index contributed by atoms with van der Waals surface area (Å²) in [5.41, 5.74) is 0. The predicted molar refractivity (Wildman–Crippen MR) is 89.4 cm³/mol. The molecule has 1 aliphatic rings. The summed E-state index contributed by atoms with van der Waals surface area (Å²) in [6, 6.07) is 13.2. The second-order valence-corrected chi connectivity index (χ2v) is 7.85. The topological polar surface area (TPSA) is 49.4 Å². The highest BCUT2D eigenvalue weighted by atomic mass is 32.2. The van der Waals surface area contributed by atoms with E-state index >= 15 is 0 Å². The van der Waals surface area contributed by atoms with Crippen LogP contribution in [0.25, 0.3) is 10.8 Å². The Bertz CT molecular complexity index is 750. The van der Waals surface area contributed by atoms with Crippen molar-refractivity contribution in [2.75, 3.05) is 26.7 Å². The fourth-order valence-electron chi connectivity index (χ4n) is 3.12. The Balaban J connectivity index is 1.82. The molecule has 0 unspecified atom stereocenters. The summed E-state index contributed by atoms with van der Waals surface area (Å²) in [4.78, 5) is 0.401. The number of piperidine rings is 1. The zero-order chi connectivity index (χ0) is 15.6. The van der Waals surface area contributed by atoms with E-state index in [1.165, 1.54) is 0 Å². The van der Waals surface area contributed by atoms with Crippen molar-refractivity contribution in [3.63, 3.8) is 0 Å². The van der Waals surface area contributed by atoms with Crippen LogP contribution in [0.1, 0.15) is 12.8 Å². The molecule has 0 amide bonds. The molecule has 2 aromatic rings. The SMILES string of the molecule is CNCC1CCN(S(=O)(=O)c2ccc3ccccc3c2)CC1. The van der Waals surface area contributed by atoms with Gasteiger partial charge in [0.1, 0.15) is 0 Å². The highest BCUT2D eigenvalue weighted by molar-refractivity contribution is 7.89. The molecule has 0 spiro atoms. The smallest absolute Gasteiger partial charge is 0.243 e. The van der Waals surface area contributed by atoms with Gasteiger partial charge in [0, 0.05) is 13.1 Å². The lowest BCUT2D eigenvalue weighted by Gasteiger charge is -2.31. The minimum absolute atomic E-state index is 0.401. The van der Waals surface area contributed by atoms with Crippen LogP contribution in [0, 0.1) is 5.92 Å². The summed E-state index contributed by atoms with van der Waals surface area (Å²) in [7, 11) is -1.44. The molecule has 0 aromatic heterocycles. The predicted octanol–water partition coefficient (Wildman–Crippen LogP) is 2.46. The molecule has 0 aliphatic carbocycles. The Morgan fingerprint density at radius 2 is 1.77 bits per heavy atom. The quantitative estimate of drug-likeness (QED) is 0.942. The monoisotopic (exact) mass is 318 g/mol. The van der Waals surface area contributed by atoms with Gasteiger partial charge in [-0.2, -0.15) is 4.31 Å². The highest BCUT2D eigenvalue weighted by Crippen LogP contribution is 2.25. The van der Waals surface area contributed by atoms with Crippen LogP contribution >= 0.6 is 0 Å². The van der Waals surface area contributed by atoms with Crippen LogP contribution in [0.15, 0.2) is 47.4 Å². The summed E-state index contributed by atoms with van der Waals surface area (Å²) in [5.74, 6) is 0.577. The van der Waals surface area contributed by atoms with E-state index in [1.807, 2.05) is 37.4 Å². The van der Waals surface area contributed by atoms with Crippen molar-refractivity contribution >= 4 is 20.8 Å². The van der Waals surface area contributed by atoms with E-state index in [2.05, 4.69) is 5.32 Å². The average Bonchev–Trinajstić information content (AvgIpc) is 2.55. The van der Waals surface area contributed by atoms with Crippen LogP contribution in [0.5, 0.6) is 0 Å². The molecule has 118 valence electrons. The number of fused-ring (bicyclic) bond motifs is 1. The molecule has 0 bridgehead atoms.